The Morgan fingerprint density at radius 2 is 1.83 bits per heavy atom. The predicted molar refractivity (Wildman–Crippen MR) is 86.1 cm³/mol. The zero-order chi connectivity index (χ0) is 16.9. The second-order valence-corrected chi connectivity index (χ2v) is 5.51. The summed E-state index contributed by atoms with van der Waals surface area (Å²) in [5.74, 6) is -1.23. The second-order valence-electron chi connectivity index (χ2n) is 5.51. The normalized spacial score (nSPS) is 13.2. The maximum absolute atomic E-state index is 12.3. The second kappa shape index (κ2) is 6.99. The zero-order valence-corrected chi connectivity index (χ0v) is 12.9. The van der Waals surface area contributed by atoms with Crippen molar-refractivity contribution in [3.05, 3.63) is 54.0 Å². The van der Waals surface area contributed by atoms with Gasteiger partial charge in [0.25, 0.3) is 5.91 Å². The minimum atomic E-state index is -0.784. The van der Waals surface area contributed by atoms with E-state index in [1.807, 2.05) is 0 Å². The van der Waals surface area contributed by atoms with Crippen LogP contribution in [-0.4, -0.2) is 23.8 Å². The lowest BCUT2D eigenvalue weighted by molar-refractivity contribution is -0.136. The van der Waals surface area contributed by atoms with E-state index in [9.17, 15) is 14.4 Å². The van der Waals surface area contributed by atoms with Gasteiger partial charge in [-0.2, -0.15) is 0 Å². The van der Waals surface area contributed by atoms with Crippen LogP contribution in [-0.2, 0) is 16.1 Å². The van der Waals surface area contributed by atoms with Gasteiger partial charge < -0.3 is 20.4 Å². The summed E-state index contributed by atoms with van der Waals surface area (Å²) in [6, 6.07) is 10.1. The number of furan rings is 1. The highest BCUT2D eigenvalue weighted by molar-refractivity contribution is 6.40. The third-order valence-corrected chi connectivity index (χ3v) is 3.54. The van der Waals surface area contributed by atoms with E-state index >= 15 is 0 Å². The molecule has 3 rings (SSSR count). The third kappa shape index (κ3) is 4.01. The molecule has 1 saturated carbocycles. The summed E-state index contributed by atoms with van der Waals surface area (Å²) in [5.41, 5.74) is 0.557. The molecule has 0 spiro atoms. The molecule has 7 heteroatoms. The van der Waals surface area contributed by atoms with Crippen LogP contribution in [0.5, 0.6) is 0 Å². The molecule has 7 nitrogen and oxygen atoms in total. The lowest BCUT2D eigenvalue weighted by Crippen LogP contribution is -2.37. The molecule has 0 aliphatic heterocycles. The summed E-state index contributed by atoms with van der Waals surface area (Å²) in [4.78, 5) is 35.9. The van der Waals surface area contributed by atoms with Crippen LogP contribution in [0.15, 0.2) is 47.1 Å². The van der Waals surface area contributed by atoms with Gasteiger partial charge in [0.05, 0.1) is 24.1 Å². The average molecular weight is 327 g/mol. The Balaban J connectivity index is 1.64. The number of carbonyl (C=O) groups excluding carboxylic acids is 3. The van der Waals surface area contributed by atoms with E-state index in [0.717, 1.165) is 12.8 Å². The number of carbonyl (C=O) groups is 3. The SMILES string of the molecule is O=C(Nc1ccccc1C(=O)NCc1ccco1)C(=O)NC1CC1. The first-order valence-electron chi connectivity index (χ1n) is 7.65. The number of hydrogen-bond acceptors (Lipinski definition) is 4. The molecule has 0 unspecified atom stereocenters. The highest BCUT2D eigenvalue weighted by Gasteiger charge is 2.26. The fraction of sp³-hybridized carbons (Fsp3) is 0.235. The molecule has 0 saturated heterocycles. The molecule has 1 heterocycles. The van der Waals surface area contributed by atoms with E-state index in [1.54, 1.807) is 36.4 Å². The molecular formula is C17H17N3O4. The van der Waals surface area contributed by atoms with E-state index in [4.69, 9.17) is 4.42 Å². The van der Waals surface area contributed by atoms with E-state index in [0.29, 0.717) is 5.76 Å². The van der Waals surface area contributed by atoms with Gasteiger partial charge in [0.1, 0.15) is 5.76 Å². The van der Waals surface area contributed by atoms with Crippen LogP contribution in [0, 0.1) is 0 Å². The molecule has 0 bridgehead atoms. The van der Waals surface area contributed by atoms with Gasteiger partial charge in [0.15, 0.2) is 0 Å². The van der Waals surface area contributed by atoms with Crippen LogP contribution >= 0.6 is 0 Å². The maximum atomic E-state index is 12.3. The van der Waals surface area contributed by atoms with Crippen LogP contribution in [0.2, 0.25) is 0 Å². The fourth-order valence-electron chi connectivity index (χ4n) is 2.12. The highest BCUT2D eigenvalue weighted by atomic mass is 16.3. The van der Waals surface area contributed by atoms with E-state index in [-0.39, 0.29) is 29.7 Å². The summed E-state index contributed by atoms with van der Waals surface area (Å²) < 4.78 is 5.15. The molecule has 1 aromatic carbocycles. The summed E-state index contributed by atoms with van der Waals surface area (Å²) in [6.07, 6.45) is 3.31. The number of hydrogen-bond donors (Lipinski definition) is 3. The number of para-hydroxylation sites is 1. The molecular weight excluding hydrogens is 310 g/mol. The Labute approximate surface area is 138 Å². The Morgan fingerprint density at radius 1 is 1.04 bits per heavy atom. The van der Waals surface area contributed by atoms with Gasteiger partial charge in [-0.05, 0) is 37.1 Å². The first kappa shape index (κ1) is 15.8. The molecule has 24 heavy (non-hydrogen) atoms. The van der Waals surface area contributed by atoms with Gasteiger partial charge >= 0.3 is 11.8 Å². The van der Waals surface area contributed by atoms with Crippen molar-refractivity contribution in [1.29, 1.82) is 0 Å². The number of anilines is 1. The van der Waals surface area contributed by atoms with Crippen molar-refractivity contribution in [3.8, 4) is 0 Å². The summed E-state index contributed by atoms with van der Waals surface area (Å²) in [5, 5.41) is 7.79. The standard InChI is InChI=1S/C17H17N3O4/c21-15(18-10-12-4-3-9-24-12)13-5-1-2-6-14(13)20-17(23)16(22)19-11-7-8-11/h1-6,9,11H,7-8,10H2,(H,18,21)(H,19,22)(H,20,23). The molecule has 1 aromatic heterocycles. The van der Waals surface area contributed by atoms with Crippen molar-refractivity contribution < 1.29 is 18.8 Å². The van der Waals surface area contributed by atoms with Crippen LogP contribution in [0.3, 0.4) is 0 Å². The number of nitrogens with one attached hydrogen (secondary N) is 3. The lowest BCUT2D eigenvalue weighted by atomic mass is 10.1. The Bertz CT molecular complexity index is 751. The lowest BCUT2D eigenvalue weighted by Gasteiger charge is -2.11. The highest BCUT2D eigenvalue weighted by Crippen LogP contribution is 2.19. The Kier molecular flexibility index (Phi) is 4.60. The van der Waals surface area contributed by atoms with Crippen LogP contribution in [0.1, 0.15) is 29.0 Å². The van der Waals surface area contributed by atoms with Crippen molar-refractivity contribution in [2.45, 2.75) is 25.4 Å². The number of amides is 3. The number of rotatable bonds is 5. The van der Waals surface area contributed by atoms with Crippen LogP contribution in [0.4, 0.5) is 5.69 Å². The minimum Gasteiger partial charge on any atom is -0.467 e. The fourth-order valence-corrected chi connectivity index (χ4v) is 2.12. The van der Waals surface area contributed by atoms with Crippen molar-refractivity contribution >= 4 is 23.4 Å². The van der Waals surface area contributed by atoms with E-state index in [2.05, 4.69) is 16.0 Å². The van der Waals surface area contributed by atoms with Crippen molar-refractivity contribution in [2.75, 3.05) is 5.32 Å². The van der Waals surface area contributed by atoms with Crippen molar-refractivity contribution in [2.24, 2.45) is 0 Å². The van der Waals surface area contributed by atoms with Crippen molar-refractivity contribution in [1.82, 2.24) is 10.6 Å². The Hall–Kier alpha value is -3.09. The van der Waals surface area contributed by atoms with Crippen molar-refractivity contribution in [3.63, 3.8) is 0 Å². The summed E-state index contributed by atoms with van der Waals surface area (Å²) in [7, 11) is 0. The molecule has 3 N–H and O–H groups in total. The topological polar surface area (TPSA) is 100 Å². The first-order valence-corrected chi connectivity index (χ1v) is 7.65. The van der Waals surface area contributed by atoms with Crippen LogP contribution in [0.25, 0.3) is 0 Å². The van der Waals surface area contributed by atoms with Gasteiger partial charge in [-0.3, -0.25) is 14.4 Å². The minimum absolute atomic E-state index is 0.0927. The summed E-state index contributed by atoms with van der Waals surface area (Å²) in [6.45, 7) is 0.232. The molecule has 0 radical (unpaired) electrons. The molecule has 124 valence electrons. The van der Waals surface area contributed by atoms with Crippen LogP contribution < -0.4 is 16.0 Å². The molecule has 0 atom stereocenters. The smallest absolute Gasteiger partial charge is 0.313 e. The molecule has 1 aliphatic rings. The average Bonchev–Trinajstić information content (AvgIpc) is 3.24. The zero-order valence-electron chi connectivity index (χ0n) is 12.9. The van der Waals surface area contributed by atoms with E-state index in [1.165, 1.54) is 6.26 Å². The maximum Gasteiger partial charge on any atom is 0.313 e. The first-order chi connectivity index (χ1) is 11.6. The predicted octanol–water partition coefficient (Wildman–Crippen LogP) is 1.43. The molecule has 3 amide bonds. The van der Waals surface area contributed by atoms with Gasteiger partial charge in [-0.25, -0.2) is 0 Å². The number of benzene rings is 1. The van der Waals surface area contributed by atoms with E-state index < -0.39 is 11.8 Å². The quantitative estimate of drug-likeness (QED) is 0.723. The largest absolute Gasteiger partial charge is 0.467 e. The Morgan fingerprint density at radius 3 is 2.54 bits per heavy atom. The third-order valence-electron chi connectivity index (χ3n) is 3.54. The summed E-state index contributed by atoms with van der Waals surface area (Å²) >= 11 is 0. The monoisotopic (exact) mass is 327 g/mol. The van der Waals surface area contributed by atoms with Gasteiger partial charge in [-0.1, -0.05) is 12.1 Å². The van der Waals surface area contributed by atoms with Gasteiger partial charge in [0, 0.05) is 6.04 Å². The molecule has 1 aliphatic carbocycles. The molecule has 1 fully saturated rings. The van der Waals surface area contributed by atoms with Gasteiger partial charge in [-0.15, -0.1) is 0 Å². The van der Waals surface area contributed by atoms with Gasteiger partial charge in [0.2, 0.25) is 0 Å². The molecule has 2 aromatic rings.